The maximum atomic E-state index is 10.6. The van der Waals surface area contributed by atoms with Crippen molar-refractivity contribution in [3.63, 3.8) is 0 Å². The molecule has 1 atom stereocenters. The lowest BCUT2D eigenvalue weighted by molar-refractivity contribution is -0.137. The van der Waals surface area contributed by atoms with Gasteiger partial charge in [-0.3, -0.25) is 4.79 Å². The monoisotopic (exact) mass is 237 g/mol. The summed E-state index contributed by atoms with van der Waals surface area (Å²) in [5, 5.41) is 22.0. The summed E-state index contributed by atoms with van der Waals surface area (Å²) < 4.78 is 0. The zero-order valence-corrected chi connectivity index (χ0v) is 10.3. The first-order chi connectivity index (χ1) is 7.53. The number of rotatable bonds is 5. The van der Waals surface area contributed by atoms with Gasteiger partial charge in [0, 0.05) is 6.42 Å². The van der Waals surface area contributed by atoms with Gasteiger partial charge >= 0.3 is 5.97 Å². The van der Waals surface area contributed by atoms with E-state index in [9.17, 15) is 10.1 Å². The van der Waals surface area contributed by atoms with Crippen molar-refractivity contribution in [3.8, 4) is 6.07 Å². The number of aliphatic carboxylic acids is 1. The van der Waals surface area contributed by atoms with E-state index < -0.39 is 11.4 Å². The molecule has 0 aliphatic heterocycles. The van der Waals surface area contributed by atoms with Gasteiger partial charge in [-0.15, -0.1) is 0 Å². The fourth-order valence-corrected chi connectivity index (χ4v) is 2.58. The highest BCUT2D eigenvalue weighted by Gasteiger charge is 2.36. The molecule has 3 nitrogen and oxygen atoms in total. The van der Waals surface area contributed by atoms with Crippen LogP contribution in [0.5, 0.6) is 0 Å². The van der Waals surface area contributed by atoms with E-state index in [2.05, 4.69) is 6.07 Å². The van der Waals surface area contributed by atoms with Crippen LogP contribution in [-0.4, -0.2) is 11.1 Å². The molecule has 0 radical (unpaired) electrons. The topological polar surface area (TPSA) is 61.1 Å². The number of thiophene rings is 1. The predicted molar refractivity (Wildman–Crippen MR) is 63.3 cm³/mol. The third-order valence-electron chi connectivity index (χ3n) is 2.95. The number of nitrogens with zero attached hydrogens (tertiary/aromatic N) is 1. The van der Waals surface area contributed by atoms with Gasteiger partial charge < -0.3 is 5.11 Å². The van der Waals surface area contributed by atoms with Crippen molar-refractivity contribution < 1.29 is 9.90 Å². The Balaban J connectivity index is 3.02. The summed E-state index contributed by atoms with van der Waals surface area (Å²) in [4.78, 5) is 10.6. The molecular weight excluding hydrogens is 222 g/mol. The van der Waals surface area contributed by atoms with Gasteiger partial charge in [-0.2, -0.15) is 16.6 Å². The molecule has 0 saturated heterocycles. The van der Waals surface area contributed by atoms with Crippen molar-refractivity contribution in [2.24, 2.45) is 5.92 Å². The molecule has 16 heavy (non-hydrogen) atoms. The minimum atomic E-state index is -0.851. The molecule has 4 heteroatoms. The van der Waals surface area contributed by atoms with Crippen LogP contribution in [0.25, 0.3) is 0 Å². The first kappa shape index (κ1) is 12.7. The first-order valence-electron chi connectivity index (χ1n) is 5.18. The average Bonchev–Trinajstić information content (AvgIpc) is 2.72. The van der Waals surface area contributed by atoms with Gasteiger partial charge in [0.25, 0.3) is 0 Å². The molecule has 1 heterocycles. The van der Waals surface area contributed by atoms with Crippen LogP contribution in [0.3, 0.4) is 0 Å². The molecular formula is C12H15NO2S. The van der Waals surface area contributed by atoms with Crippen LogP contribution < -0.4 is 0 Å². The highest BCUT2D eigenvalue weighted by Crippen LogP contribution is 2.37. The van der Waals surface area contributed by atoms with E-state index in [0.717, 1.165) is 5.56 Å². The third-order valence-corrected chi connectivity index (χ3v) is 3.64. The maximum Gasteiger partial charge on any atom is 0.303 e. The summed E-state index contributed by atoms with van der Waals surface area (Å²) >= 11 is 1.53. The molecule has 0 aromatic carbocycles. The van der Waals surface area contributed by atoms with Crippen molar-refractivity contribution >= 4 is 17.3 Å². The Morgan fingerprint density at radius 3 is 2.75 bits per heavy atom. The Morgan fingerprint density at radius 2 is 2.38 bits per heavy atom. The van der Waals surface area contributed by atoms with Gasteiger partial charge in [0.05, 0.1) is 11.5 Å². The Bertz CT molecular complexity index is 392. The number of carboxylic acid groups (broad SMARTS) is 1. The van der Waals surface area contributed by atoms with Crippen molar-refractivity contribution in [2.75, 3.05) is 0 Å². The summed E-state index contributed by atoms with van der Waals surface area (Å²) in [6, 6.07) is 4.23. The number of nitriles is 1. The summed E-state index contributed by atoms with van der Waals surface area (Å²) in [6.45, 7) is 3.92. The van der Waals surface area contributed by atoms with Crippen LogP contribution in [0, 0.1) is 17.2 Å². The van der Waals surface area contributed by atoms with Gasteiger partial charge in [-0.05, 0) is 34.7 Å². The highest BCUT2D eigenvalue weighted by molar-refractivity contribution is 7.08. The second kappa shape index (κ2) is 5.13. The van der Waals surface area contributed by atoms with Gasteiger partial charge in [-0.25, -0.2) is 0 Å². The second-order valence-electron chi connectivity index (χ2n) is 4.14. The van der Waals surface area contributed by atoms with Crippen molar-refractivity contribution in [1.82, 2.24) is 0 Å². The van der Waals surface area contributed by atoms with Gasteiger partial charge in [0.2, 0.25) is 0 Å². The molecule has 0 aliphatic rings. The SMILES string of the molecule is CC(C)C(C#N)(CCC(=O)O)c1ccsc1. The van der Waals surface area contributed by atoms with Crippen LogP contribution in [0.4, 0.5) is 0 Å². The van der Waals surface area contributed by atoms with E-state index in [-0.39, 0.29) is 12.3 Å². The molecule has 1 N–H and O–H groups in total. The Labute approximate surface area is 99.3 Å². The lowest BCUT2D eigenvalue weighted by Crippen LogP contribution is -2.31. The van der Waals surface area contributed by atoms with Gasteiger partial charge in [0.1, 0.15) is 0 Å². The zero-order chi connectivity index (χ0) is 12.2. The summed E-state index contributed by atoms with van der Waals surface area (Å²) in [5.41, 5.74) is 0.273. The maximum absolute atomic E-state index is 10.6. The second-order valence-corrected chi connectivity index (χ2v) is 4.92. The van der Waals surface area contributed by atoms with Crippen LogP contribution in [-0.2, 0) is 10.2 Å². The van der Waals surface area contributed by atoms with E-state index in [1.54, 1.807) is 0 Å². The van der Waals surface area contributed by atoms with Crippen molar-refractivity contribution in [2.45, 2.75) is 32.1 Å². The molecule has 1 aromatic heterocycles. The minimum absolute atomic E-state index is 0.0294. The van der Waals surface area contributed by atoms with Gasteiger partial charge in [0.15, 0.2) is 0 Å². The summed E-state index contributed by atoms with van der Waals surface area (Å²) in [5.74, 6) is -0.748. The molecule has 1 unspecified atom stereocenters. The van der Waals surface area contributed by atoms with E-state index >= 15 is 0 Å². The number of hydrogen-bond donors (Lipinski definition) is 1. The van der Waals surface area contributed by atoms with Crippen molar-refractivity contribution in [3.05, 3.63) is 22.4 Å². The standard InChI is InChI=1S/C12H15NO2S/c1-9(2)12(8-13,5-3-11(14)15)10-4-6-16-7-10/h4,6-7,9H,3,5H2,1-2H3,(H,14,15). The van der Waals surface area contributed by atoms with Crippen LogP contribution in [0.15, 0.2) is 16.8 Å². The van der Waals surface area contributed by atoms with E-state index in [4.69, 9.17) is 5.11 Å². The number of carbonyl (C=O) groups is 1. The largest absolute Gasteiger partial charge is 0.481 e. The van der Waals surface area contributed by atoms with Crippen molar-refractivity contribution in [1.29, 1.82) is 5.26 Å². The quantitative estimate of drug-likeness (QED) is 0.856. The summed E-state index contributed by atoms with van der Waals surface area (Å²) in [7, 11) is 0. The fourth-order valence-electron chi connectivity index (χ4n) is 1.84. The summed E-state index contributed by atoms with van der Waals surface area (Å²) in [6.07, 6.45) is 0.398. The van der Waals surface area contributed by atoms with E-state index in [0.29, 0.717) is 6.42 Å². The molecule has 1 rings (SSSR count). The molecule has 0 amide bonds. The number of carboxylic acids is 1. The molecule has 0 bridgehead atoms. The molecule has 0 spiro atoms. The smallest absolute Gasteiger partial charge is 0.303 e. The lowest BCUT2D eigenvalue weighted by atomic mass is 9.71. The lowest BCUT2D eigenvalue weighted by Gasteiger charge is -2.29. The predicted octanol–water partition coefficient (Wildman–Crippen LogP) is 3.03. The fraction of sp³-hybridized carbons (Fsp3) is 0.500. The molecule has 0 fully saturated rings. The average molecular weight is 237 g/mol. The molecule has 0 aliphatic carbocycles. The Hall–Kier alpha value is -1.34. The van der Waals surface area contributed by atoms with Crippen LogP contribution in [0.2, 0.25) is 0 Å². The normalized spacial score (nSPS) is 14.4. The third kappa shape index (κ3) is 2.42. The van der Waals surface area contributed by atoms with E-state index in [1.807, 2.05) is 30.7 Å². The first-order valence-corrected chi connectivity index (χ1v) is 6.13. The van der Waals surface area contributed by atoms with Gasteiger partial charge in [-0.1, -0.05) is 13.8 Å². The Morgan fingerprint density at radius 1 is 1.69 bits per heavy atom. The number of hydrogen-bond acceptors (Lipinski definition) is 3. The minimum Gasteiger partial charge on any atom is -0.481 e. The molecule has 1 aromatic rings. The van der Waals surface area contributed by atoms with Crippen LogP contribution >= 0.6 is 11.3 Å². The molecule has 0 saturated carbocycles. The Kier molecular flexibility index (Phi) is 4.08. The van der Waals surface area contributed by atoms with E-state index in [1.165, 1.54) is 11.3 Å². The highest BCUT2D eigenvalue weighted by atomic mass is 32.1. The molecule has 86 valence electrons. The van der Waals surface area contributed by atoms with Crippen LogP contribution in [0.1, 0.15) is 32.3 Å². The zero-order valence-electron chi connectivity index (χ0n) is 9.43.